The molecule has 0 bridgehead atoms. The van der Waals surface area contributed by atoms with Crippen LogP contribution in [-0.4, -0.2) is 45.8 Å². The minimum atomic E-state index is -1.56. The molecule has 4 aromatic rings. The van der Waals surface area contributed by atoms with Crippen molar-refractivity contribution in [1.29, 1.82) is 0 Å². The highest BCUT2D eigenvalue weighted by Gasteiger charge is 2.54. The summed E-state index contributed by atoms with van der Waals surface area (Å²) in [5.41, 5.74) is 11.0. The first-order chi connectivity index (χ1) is 19.1. The molecule has 2 aromatic carbocycles. The van der Waals surface area contributed by atoms with E-state index in [-0.39, 0.29) is 40.4 Å². The zero-order valence-electron chi connectivity index (χ0n) is 21.2. The van der Waals surface area contributed by atoms with E-state index in [1.54, 1.807) is 4.90 Å². The van der Waals surface area contributed by atoms with Crippen LogP contribution in [-0.2, 0) is 0 Å². The van der Waals surface area contributed by atoms with Crippen LogP contribution in [0, 0.1) is 29.3 Å². The number of fused-ring (bicyclic) bond motifs is 2. The molecule has 0 spiro atoms. The molecular formula is C29H26F3N5O3. The van der Waals surface area contributed by atoms with E-state index in [1.165, 1.54) is 12.0 Å². The smallest absolute Gasteiger partial charge is 0.341 e. The maximum Gasteiger partial charge on any atom is 0.341 e. The van der Waals surface area contributed by atoms with Gasteiger partial charge in [0.2, 0.25) is 5.43 Å². The SMILES string of the molecule is NC1[C@H]2CN(c3nc4c(cc3F)c(=O)c(C(=O)O)cn4-c3ccc(F)cc3F)C[C@@H]12.N[C@@H]1C[C@H]1c1ccccc1. The number of aromatic nitrogens is 2. The normalized spacial score (nSPS) is 24.3. The highest BCUT2D eigenvalue weighted by Crippen LogP contribution is 2.45. The van der Waals surface area contributed by atoms with E-state index in [9.17, 15) is 27.9 Å². The molecule has 8 nitrogen and oxygen atoms in total. The van der Waals surface area contributed by atoms with Gasteiger partial charge in [-0.3, -0.25) is 9.36 Å². The van der Waals surface area contributed by atoms with Crippen molar-refractivity contribution in [2.75, 3.05) is 18.0 Å². The third-order valence-corrected chi connectivity index (χ3v) is 7.94. The first-order valence-corrected chi connectivity index (χ1v) is 12.9. The standard InChI is InChI=1S/C20H15F3N4O3.C9H11N/c21-8-1-2-15(13(22)3-8)27-7-12(20(29)30)17(28)9-4-14(23)19(25-18(9)27)26-5-10-11(6-26)16(10)24;10-9-6-8(9)7-4-2-1-3-5-7/h1-4,7,10-11,16H,5-6,24H2,(H,29,30);1-5,8-9H,6,10H2/t10-,11+,16?;8-,9+/m.0/s1. The van der Waals surface area contributed by atoms with E-state index < -0.39 is 34.4 Å². The van der Waals surface area contributed by atoms with Crippen molar-refractivity contribution in [3.63, 3.8) is 0 Å². The number of hydrogen-bond acceptors (Lipinski definition) is 6. The van der Waals surface area contributed by atoms with Crippen molar-refractivity contribution in [2.24, 2.45) is 23.3 Å². The van der Waals surface area contributed by atoms with E-state index in [0.717, 1.165) is 29.0 Å². The fraction of sp³-hybridized carbons (Fsp3) is 0.276. The van der Waals surface area contributed by atoms with Gasteiger partial charge in [-0.1, -0.05) is 30.3 Å². The Bertz CT molecular complexity index is 1680. The predicted octanol–water partition coefficient (Wildman–Crippen LogP) is 3.40. The number of aromatic carboxylic acids is 1. The van der Waals surface area contributed by atoms with Crippen LogP contribution in [0.2, 0.25) is 0 Å². The number of anilines is 1. The van der Waals surface area contributed by atoms with Gasteiger partial charge in [0.25, 0.3) is 0 Å². The lowest BCUT2D eigenvalue weighted by atomic mass is 10.1. The molecule has 3 aliphatic rings. The average molecular weight is 550 g/mol. The second kappa shape index (κ2) is 9.76. The van der Waals surface area contributed by atoms with Gasteiger partial charge in [0.05, 0.1) is 11.1 Å². The van der Waals surface area contributed by atoms with Crippen molar-refractivity contribution in [1.82, 2.24) is 9.55 Å². The number of nitrogens with zero attached hydrogens (tertiary/aromatic N) is 3. The fourth-order valence-corrected chi connectivity index (χ4v) is 5.49. The number of carbonyl (C=O) groups is 1. The minimum Gasteiger partial charge on any atom is -0.477 e. The summed E-state index contributed by atoms with van der Waals surface area (Å²) in [6, 6.07) is 14.6. The Labute approximate surface area is 226 Å². The number of halogens is 3. The Balaban J connectivity index is 0.000000242. The first-order valence-electron chi connectivity index (χ1n) is 12.9. The van der Waals surface area contributed by atoms with Crippen LogP contribution >= 0.6 is 0 Å². The molecule has 1 aliphatic heterocycles. The molecule has 3 heterocycles. The molecule has 2 aliphatic carbocycles. The van der Waals surface area contributed by atoms with Gasteiger partial charge in [0.1, 0.15) is 17.2 Å². The topological polar surface area (TPSA) is 127 Å². The molecule has 2 saturated carbocycles. The summed E-state index contributed by atoms with van der Waals surface area (Å²) < 4.78 is 43.7. The van der Waals surface area contributed by atoms with E-state index in [0.29, 0.717) is 31.1 Å². The van der Waals surface area contributed by atoms with Crippen molar-refractivity contribution >= 4 is 22.8 Å². The number of hydrogen-bond donors (Lipinski definition) is 3. The van der Waals surface area contributed by atoms with Crippen molar-refractivity contribution in [3.8, 4) is 5.69 Å². The summed E-state index contributed by atoms with van der Waals surface area (Å²) in [5.74, 6) is -3.05. The summed E-state index contributed by atoms with van der Waals surface area (Å²) in [6.45, 7) is 1.01. The minimum absolute atomic E-state index is 0.0272. The zero-order valence-corrected chi connectivity index (χ0v) is 21.2. The third-order valence-electron chi connectivity index (χ3n) is 7.94. The van der Waals surface area contributed by atoms with Crippen molar-refractivity contribution < 1.29 is 23.1 Å². The molecule has 206 valence electrons. The second-order valence-corrected chi connectivity index (χ2v) is 10.5. The van der Waals surface area contributed by atoms with E-state index in [4.69, 9.17) is 11.5 Å². The van der Waals surface area contributed by atoms with Crippen LogP contribution in [0.4, 0.5) is 19.0 Å². The summed E-state index contributed by atoms with van der Waals surface area (Å²) in [6.07, 6.45) is 2.08. The summed E-state index contributed by atoms with van der Waals surface area (Å²) in [7, 11) is 0. The second-order valence-electron chi connectivity index (χ2n) is 10.5. The van der Waals surface area contributed by atoms with Crippen LogP contribution in [0.1, 0.15) is 28.3 Å². The largest absolute Gasteiger partial charge is 0.477 e. The number of pyridine rings is 2. The first kappa shape index (κ1) is 26.0. The summed E-state index contributed by atoms with van der Waals surface area (Å²) >= 11 is 0. The third kappa shape index (κ3) is 4.61. The van der Waals surface area contributed by atoms with Crippen molar-refractivity contribution in [2.45, 2.75) is 24.4 Å². The molecule has 0 radical (unpaired) electrons. The number of piperidine rings is 1. The van der Waals surface area contributed by atoms with Gasteiger partial charge in [-0.15, -0.1) is 0 Å². The van der Waals surface area contributed by atoms with Gasteiger partial charge in [-0.2, -0.15) is 0 Å². The number of carboxylic acid groups (broad SMARTS) is 1. The Hall–Kier alpha value is -4.22. The molecule has 3 fully saturated rings. The maximum atomic E-state index is 14.8. The summed E-state index contributed by atoms with van der Waals surface area (Å²) in [4.78, 5) is 30.1. The van der Waals surface area contributed by atoms with Gasteiger partial charge in [-0.25, -0.2) is 22.9 Å². The predicted molar refractivity (Wildman–Crippen MR) is 143 cm³/mol. The molecule has 5 N–H and O–H groups in total. The van der Waals surface area contributed by atoms with Crippen LogP contribution in [0.3, 0.4) is 0 Å². The number of nitrogens with two attached hydrogens (primary N) is 2. The van der Waals surface area contributed by atoms with Gasteiger partial charge in [0, 0.05) is 43.4 Å². The summed E-state index contributed by atoms with van der Waals surface area (Å²) in [5, 5.41) is 9.05. The molecule has 1 saturated heterocycles. The molecule has 40 heavy (non-hydrogen) atoms. The van der Waals surface area contributed by atoms with Crippen LogP contribution in [0.15, 0.2) is 65.6 Å². The fourth-order valence-electron chi connectivity index (χ4n) is 5.49. The molecule has 11 heteroatoms. The lowest BCUT2D eigenvalue weighted by Crippen LogP contribution is -2.30. The molecule has 1 unspecified atom stereocenters. The lowest BCUT2D eigenvalue weighted by molar-refractivity contribution is 0.0695. The highest BCUT2D eigenvalue weighted by atomic mass is 19.1. The Morgan fingerprint density at radius 3 is 2.25 bits per heavy atom. The number of benzene rings is 2. The van der Waals surface area contributed by atoms with Crippen molar-refractivity contribution in [3.05, 3.63) is 99.6 Å². The monoisotopic (exact) mass is 549 g/mol. The lowest BCUT2D eigenvalue weighted by Gasteiger charge is -2.22. The average Bonchev–Trinajstić information content (AvgIpc) is 3.74. The Morgan fingerprint density at radius 2 is 1.65 bits per heavy atom. The van der Waals surface area contributed by atoms with Gasteiger partial charge < -0.3 is 21.5 Å². The zero-order chi connectivity index (χ0) is 28.3. The van der Waals surface area contributed by atoms with Gasteiger partial charge in [-0.05, 0) is 42.0 Å². The van der Waals surface area contributed by atoms with Crippen LogP contribution in [0.5, 0.6) is 0 Å². The van der Waals surface area contributed by atoms with E-state index in [1.807, 2.05) is 6.07 Å². The number of carboxylic acids is 1. The van der Waals surface area contributed by atoms with E-state index in [2.05, 4.69) is 29.2 Å². The van der Waals surface area contributed by atoms with Crippen LogP contribution in [0.25, 0.3) is 16.7 Å². The molecular weight excluding hydrogens is 523 g/mol. The van der Waals surface area contributed by atoms with E-state index >= 15 is 0 Å². The molecule has 0 amide bonds. The Morgan fingerprint density at radius 1 is 0.975 bits per heavy atom. The highest BCUT2D eigenvalue weighted by molar-refractivity contribution is 5.92. The van der Waals surface area contributed by atoms with Gasteiger partial charge in [0.15, 0.2) is 17.3 Å². The molecule has 7 rings (SSSR count). The maximum absolute atomic E-state index is 14.8. The Kier molecular flexibility index (Phi) is 6.35. The molecule has 2 aromatic heterocycles. The van der Waals surface area contributed by atoms with Crippen LogP contribution < -0.4 is 21.8 Å². The molecule has 5 atom stereocenters. The number of rotatable bonds is 4. The van der Waals surface area contributed by atoms with Gasteiger partial charge >= 0.3 is 5.97 Å². The quantitative estimate of drug-likeness (QED) is 0.356.